The molecule has 1 aliphatic heterocycles. The predicted molar refractivity (Wildman–Crippen MR) is 80.5 cm³/mol. The van der Waals surface area contributed by atoms with Crippen LogP contribution < -0.4 is 10.6 Å². The Kier molecular flexibility index (Phi) is 5.38. The van der Waals surface area contributed by atoms with Gasteiger partial charge in [0.25, 0.3) is 0 Å². The van der Waals surface area contributed by atoms with Gasteiger partial charge in [-0.25, -0.2) is 9.78 Å². The van der Waals surface area contributed by atoms with E-state index < -0.39 is 12.0 Å². The van der Waals surface area contributed by atoms with Crippen molar-refractivity contribution in [2.45, 2.75) is 19.3 Å². The summed E-state index contributed by atoms with van der Waals surface area (Å²) in [4.78, 5) is 29.5. The fourth-order valence-corrected chi connectivity index (χ4v) is 3.25. The highest BCUT2D eigenvalue weighted by atomic mass is 32.1. The molecular formula is C13H20N4O3S. The van der Waals surface area contributed by atoms with Gasteiger partial charge in [0.15, 0.2) is 5.13 Å². The summed E-state index contributed by atoms with van der Waals surface area (Å²) in [7, 11) is 0. The molecule has 0 aromatic carbocycles. The van der Waals surface area contributed by atoms with Crippen molar-refractivity contribution in [1.29, 1.82) is 0 Å². The fourth-order valence-electron chi connectivity index (χ4n) is 2.55. The third-order valence-corrected chi connectivity index (χ3v) is 4.56. The van der Waals surface area contributed by atoms with Gasteiger partial charge in [-0.3, -0.25) is 9.69 Å². The molecule has 2 heterocycles. The van der Waals surface area contributed by atoms with Crippen molar-refractivity contribution in [2.24, 2.45) is 11.7 Å². The van der Waals surface area contributed by atoms with Crippen LogP contribution in [0.15, 0.2) is 11.6 Å². The number of thiazole rings is 1. The molecule has 1 fully saturated rings. The number of anilines is 1. The zero-order valence-corrected chi connectivity index (χ0v) is 12.6. The maximum atomic E-state index is 11.0. The monoisotopic (exact) mass is 312 g/mol. The SMILES string of the molecule is NC(=O)CN(CCC1CCN(c2nccs2)CC1)C(=O)O. The van der Waals surface area contributed by atoms with Crippen molar-refractivity contribution < 1.29 is 14.7 Å². The number of carbonyl (C=O) groups is 2. The second-order valence-corrected chi connectivity index (χ2v) is 6.08. The number of rotatable bonds is 6. The van der Waals surface area contributed by atoms with Gasteiger partial charge in [0.05, 0.1) is 0 Å². The quantitative estimate of drug-likeness (QED) is 0.822. The van der Waals surface area contributed by atoms with Crippen LogP contribution in [0.3, 0.4) is 0 Å². The van der Waals surface area contributed by atoms with Crippen LogP contribution in [0.1, 0.15) is 19.3 Å². The molecule has 0 unspecified atom stereocenters. The lowest BCUT2D eigenvalue weighted by atomic mass is 9.93. The number of carboxylic acid groups (broad SMARTS) is 1. The van der Waals surface area contributed by atoms with E-state index in [0.717, 1.165) is 42.4 Å². The van der Waals surface area contributed by atoms with Gasteiger partial charge in [-0.15, -0.1) is 11.3 Å². The molecule has 0 saturated carbocycles. The van der Waals surface area contributed by atoms with E-state index >= 15 is 0 Å². The first-order valence-corrected chi connectivity index (χ1v) is 7.85. The molecule has 0 radical (unpaired) electrons. The number of primary amides is 1. The van der Waals surface area contributed by atoms with E-state index in [9.17, 15) is 9.59 Å². The minimum atomic E-state index is -1.09. The molecule has 0 bridgehead atoms. The Bertz CT molecular complexity index is 472. The lowest BCUT2D eigenvalue weighted by Crippen LogP contribution is -2.40. The highest BCUT2D eigenvalue weighted by Crippen LogP contribution is 2.26. The minimum Gasteiger partial charge on any atom is -0.465 e. The van der Waals surface area contributed by atoms with Gasteiger partial charge in [0.2, 0.25) is 5.91 Å². The lowest BCUT2D eigenvalue weighted by Gasteiger charge is -2.32. The maximum absolute atomic E-state index is 11.0. The summed E-state index contributed by atoms with van der Waals surface area (Å²) in [5, 5.41) is 12.0. The van der Waals surface area contributed by atoms with Crippen LogP contribution in [0.2, 0.25) is 0 Å². The van der Waals surface area contributed by atoms with E-state index in [1.54, 1.807) is 17.5 Å². The van der Waals surface area contributed by atoms with Crippen LogP contribution in [0, 0.1) is 5.92 Å². The van der Waals surface area contributed by atoms with Crippen LogP contribution in [0.5, 0.6) is 0 Å². The first-order chi connectivity index (χ1) is 10.1. The molecule has 8 heteroatoms. The van der Waals surface area contributed by atoms with Gasteiger partial charge < -0.3 is 15.7 Å². The van der Waals surface area contributed by atoms with Crippen molar-refractivity contribution in [3.05, 3.63) is 11.6 Å². The number of nitrogens with zero attached hydrogens (tertiary/aromatic N) is 3. The molecule has 1 aromatic heterocycles. The van der Waals surface area contributed by atoms with Gasteiger partial charge >= 0.3 is 6.09 Å². The van der Waals surface area contributed by atoms with E-state index in [2.05, 4.69) is 9.88 Å². The van der Waals surface area contributed by atoms with E-state index in [1.165, 1.54) is 0 Å². The van der Waals surface area contributed by atoms with Crippen molar-refractivity contribution in [3.63, 3.8) is 0 Å². The molecule has 0 spiro atoms. The Labute approximate surface area is 127 Å². The van der Waals surface area contributed by atoms with E-state index in [-0.39, 0.29) is 6.54 Å². The number of piperidine rings is 1. The van der Waals surface area contributed by atoms with Gasteiger partial charge in [-0.05, 0) is 25.2 Å². The fraction of sp³-hybridized carbons (Fsp3) is 0.615. The first-order valence-electron chi connectivity index (χ1n) is 6.97. The van der Waals surface area contributed by atoms with Crippen LogP contribution in [-0.4, -0.2) is 53.2 Å². The Morgan fingerprint density at radius 1 is 1.48 bits per heavy atom. The Morgan fingerprint density at radius 3 is 2.71 bits per heavy atom. The molecule has 1 saturated heterocycles. The minimum absolute atomic E-state index is 0.229. The van der Waals surface area contributed by atoms with E-state index in [1.807, 2.05) is 5.38 Å². The Morgan fingerprint density at radius 2 is 2.19 bits per heavy atom. The number of hydrogen-bond acceptors (Lipinski definition) is 5. The summed E-state index contributed by atoms with van der Waals surface area (Å²) in [5.41, 5.74) is 5.06. The zero-order chi connectivity index (χ0) is 15.2. The smallest absolute Gasteiger partial charge is 0.407 e. The molecule has 3 N–H and O–H groups in total. The zero-order valence-electron chi connectivity index (χ0n) is 11.8. The molecule has 21 heavy (non-hydrogen) atoms. The number of amides is 2. The highest BCUT2D eigenvalue weighted by Gasteiger charge is 2.22. The van der Waals surface area contributed by atoms with Crippen LogP contribution >= 0.6 is 11.3 Å². The number of nitrogens with two attached hydrogens (primary N) is 1. The van der Waals surface area contributed by atoms with Crippen molar-refractivity contribution in [2.75, 3.05) is 31.1 Å². The van der Waals surface area contributed by atoms with E-state index in [0.29, 0.717) is 12.5 Å². The topological polar surface area (TPSA) is 99.8 Å². The number of aromatic nitrogens is 1. The molecular weight excluding hydrogens is 292 g/mol. The third-order valence-electron chi connectivity index (χ3n) is 3.73. The van der Waals surface area contributed by atoms with Crippen molar-refractivity contribution in [3.8, 4) is 0 Å². The highest BCUT2D eigenvalue weighted by molar-refractivity contribution is 7.13. The number of hydrogen-bond donors (Lipinski definition) is 2. The van der Waals surface area contributed by atoms with Crippen LogP contribution in [0.25, 0.3) is 0 Å². The molecule has 0 aliphatic carbocycles. The Hall–Kier alpha value is -1.83. The van der Waals surface area contributed by atoms with Gasteiger partial charge in [-0.1, -0.05) is 0 Å². The summed E-state index contributed by atoms with van der Waals surface area (Å²) >= 11 is 1.64. The number of carbonyl (C=O) groups excluding carboxylic acids is 1. The summed E-state index contributed by atoms with van der Waals surface area (Å²) in [6, 6.07) is 0. The Balaban J connectivity index is 1.75. The van der Waals surface area contributed by atoms with Gasteiger partial charge in [-0.2, -0.15) is 0 Å². The van der Waals surface area contributed by atoms with Crippen LogP contribution in [-0.2, 0) is 4.79 Å². The molecule has 0 atom stereocenters. The molecule has 116 valence electrons. The largest absolute Gasteiger partial charge is 0.465 e. The molecule has 1 aliphatic rings. The molecule has 1 aromatic rings. The second kappa shape index (κ2) is 7.26. The lowest BCUT2D eigenvalue weighted by molar-refractivity contribution is -0.118. The van der Waals surface area contributed by atoms with Gasteiger partial charge in [0.1, 0.15) is 6.54 Å². The summed E-state index contributed by atoms with van der Waals surface area (Å²) < 4.78 is 0. The average Bonchev–Trinajstić information content (AvgIpc) is 2.97. The maximum Gasteiger partial charge on any atom is 0.407 e. The standard InChI is InChI=1S/C13H20N4O3S/c14-11(18)9-17(13(19)20)7-3-10-1-5-16(6-2-10)12-15-4-8-21-12/h4,8,10H,1-3,5-7,9H2,(H2,14,18)(H,19,20). The van der Waals surface area contributed by atoms with Crippen molar-refractivity contribution >= 4 is 28.5 Å². The average molecular weight is 312 g/mol. The van der Waals surface area contributed by atoms with Crippen LogP contribution in [0.4, 0.5) is 9.93 Å². The molecule has 7 nitrogen and oxygen atoms in total. The van der Waals surface area contributed by atoms with E-state index in [4.69, 9.17) is 10.8 Å². The summed E-state index contributed by atoms with van der Waals surface area (Å²) in [5.74, 6) is -0.132. The first kappa shape index (κ1) is 15.6. The predicted octanol–water partition coefficient (Wildman–Crippen LogP) is 1.21. The third kappa shape index (κ3) is 4.59. The summed E-state index contributed by atoms with van der Waals surface area (Å²) in [6.45, 7) is 2.02. The molecule has 2 rings (SSSR count). The van der Waals surface area contributed by atoms with Crippen molar-refractivity contribution in [1.82, 2.24) is 9.88 Å². The second-order valence-electron chi connectivity index (χ2n) is 5.20. The molecule has 2 amide bonds. The van der Waals surface area contributed by atoms with Gasteiger partial charge in [0, 0.05) is 31.2 Å². The normalized spacial score (nSPS) is 15.9. The summed E-state index contributed by atoms with van der Waals surface area (Å²) in [6.07, 6.45) is 3.52.